The number of oxime groups is 1. The van der Waals surface area contributed by atoms with Crippen LogP contribution in [0.3, 0.4) is 0 Å². The molecule has 0 aromatic heterocycles. The van der Waals surface area contributed by atoms with Gasteiger partial charge < -0.3 is 20.6 Å². The minimum absolute atomic E-state index is 0.0230. The topological polar surface area (TPSA) is 82.9 Å². The second kappa shape index (κ2) is 12.1. The van der Waals surface area contributed by atoms with Crippen LogP contribution in [-0.2, 0) is 27.0 Å². The predicted octanol–water partition coefficient (Wildman–Crippen LogP) is 4.73. The van der Waals surface area contributed by atoms with Crippen molar-refractivity contribution in [1.29, 1.82) is 0 Å². The highest BCUT2D eigenvalue weighted by Crippen LogP contribution is 2.38. The Labute approximate surface area is 218 Å². The summed E-state index contributed by atoms with van der Waals surface area (Å²) in [5.41, 5.74) is 3.27. The summed E-state index contributed by atoms with van der Waals surface area (Å²) < 4.78 is 27.5. The first-order valence-electron chi connectivity index (χ1n) is 12.8. The number of aliphatic hydroxyl groups is 1. The summed E-state index contributed by atoms with van der Waals surface area (Å²) in [6, 6.07) is 11.0. The minimum Gasteiger partial charge on any atom is -0.399 e. The molecule has 0 saturated heterocycles. The molecular formula is C29H39F2N3O3. The maximum atomic E-state index is 13.8. The van der Waals surface area contributed by atoms with Crippen LogP contribution in [0, 0.1) is 11.6 Å². The van der Waals surface area contributed by atoms with Crippen molar-refractivity contribution in [2.24, 2.45) is 5.16 Å². The van der Waals surface area contributed by atoms with Crippen molar-refractivity contribution in [2.75, 3.05) is 13.7 Å². The number of carbonyl (C=O) groups is 1. The second-order valence-electron chi connectivity index (χ2n) is 11.0. The van der Waals surface area contributed by atoms with Crippen LogP contribution in [0.15, 0.2) is 47.6 Å². The molecule has 3 N–H and O–H groups in total. The Kier molecular flexibility index (Phi) is 9.42. The molecule has 1 aliphatic carbocycles. The molecule has 1 aliphatic rings. The standard InChI is InChI=1S/C29H39F2N3O3/c1-19(35)33-26(15-20-13-23(30)17-24(31)14-20)27(36)18-32-29(11-9-25(10-12-29)34-37-5)22-8-6-7-21(16-22)28(2,3)4/h6-8,13-14,16-17,26-27,32,36H,9-12,15,18H2,1-5H3,(H,33,35). The largest absolute Gasteiger partial charge is 0.399 e. The number of hydrogen-bond donors (Lipinski definition) is 3. The third kappa shape index (κ3) is 7.82. The first-order chi connectivity index (χ1) is 17.4. The van der Waals surface area contributed by atoms with Crippen molar-refractivity contribution in [1.82, 2.24) is 10.6 Å². The fraction of sp³-hybridized carbons (Fsp3) is 0.517. The van der Waals surface area contributed by atoms with E-state index in [2.05, 4.69) is 60.8 Å². The Hall–Kier alpha value is -2.84. The molecule has 2 unspecified atom stereocenters. The fourth-order valence-corrected chi connectivity index (χ4v) is 5.01. The number of hydrogen-bond acceptors (Lipinski definition) is 5. The van der Waals surface area contributed by atoms with Crippen LogP contribution in [0.25, 0.3) is 0 Å². The van der Waals surface area contributed by atoms with Crippen LogP contribution in [-0.4, -0.2) is 42.5 Å². The zero-order valence-corrected chi connectivity index (χ0v) is 22.4. The van der Waals surface area contributed by atoms with Gasteiger partial charge in [0.15, 0.2) is 0 Å². The van der Waals surface area contributed by atoms with E-state index in [1.165, 1.54) is 24.6 Å². The zero-order chi connectivity index (χ0) is 27.2. The molecule has 2 atom stereocenters. The predicted molar refractivity (Wildman–Crippen MR) is 141 cm³/mol. The van der Waals surface area contributed by atoms with Gasteiger partial charge in [-0.25, -0.2) is 8.78 Å². The molecule has 0 radical (unpaired) electrons. The molecular weight excluding hydrogens is 476 g/mol. The molecule has 1 saturated carbocycles. The Bertz CT molecular complexity index is 1080. The number of nitrogens with zero attached hydrogens (tertiary/aromatic N) is 1. The molecule has 0 bridgehead atoms. The van der Waals surface area contributed by atoms with Crippen molar-refractivity contribution in [2.45, 2.75) is 82.9 Å². The molecule has 3 rings (SSSR count). The zero-order valence-electron chi connectivity index (χ0n) is 22.4. The lowest BCUT2D eigenvalue weighted by Crippen LogP contribution is -2.53. The van der Waals surface area contributed by atoms with Crippen LogP contribution in [0.2, 0.25) is 0 Å². The molecule has 0 heterocycles. The molecule has 202 valence electrons. The van der Waals surface area contributed by atoms with E-state index in [1.807, 2.05) is 0 Å². The Morgan fingerprint density at radius 1 is 1.14 bits per heavy atom. The summed E-state index contributed by atoms with van der Waals surface area (Å²) in [7, 11) is 1.54. The quantitative estimate of drug-likeness (QED) is 0.422. The van der Waals surface area contributed by atoms with Crippen molar-refractivity contribution in [3.63, 3.8) is 0 Å². The minimum atomic E-state index is -0.994. The van der Waals surface area contributed by atoms with Gasteiger partial charge in [-0.15, -0.1) is 0 Å². The summed E-state index contributed by atoms with van der Waals surface area (Å²) in [6.07, 6.45) is 2.11. The Balaban J connectivity index is 1.85. The van der Waals surface area contributed by atoms with Crippen LogP contribution in [0.4, 0.5) is 8.78 Å². The van der Waals surface area contributed by atoms with Crippen LogP contribution in [0.5, 0.6) is 0 Å². The second-order valence-corrected chi connectivity index (χ2v) is 11.0. The van der Waals surface area contributed by atoms with E-state index in [0.29, 0.717) is 5.56 Å². The summed E-state index contributed by atoms with van der Waals surface area (Å²) >= 11 is 0. The Morgan fingerprint density at radius 3 is 2.35 bits per heavy atom. The van der Waals surface area contributed by atoms with Crippen molar-refractivity contribution in [3.8, 4) is 0 Å². The number of nitrogens with one attached hydrogen (secondary N) is 2. The van der Waals surface area contributed by atoms with Gasteiger partial charge in [0.2, 0.25) is 5.91 Å². The average molecular weight is 516 g/mol. The molecule has 2 aromatic rings. The van der Waals surface area contributed by atoms with E-state index in [9.17, 15) is 18.7 Å². The van der Waals surface area contributed by atoms with Gasteiger partial charge in [-0.2, -0.15) is 0 Å². The third-order valence-corrected chi connectivity index (χ3v) is 7.06. The van der Waals surface area contributed by atoms with Gasteiger partial charge in [-0.3, -0.25) is 4.79 Å². The molecule has 2 aromatic carbocycles. The SMILES string of the molecule is CON=C1CCC(NCC(O)C(Cc2cc(F)cc(F)c2)NC(C)=O)(c2cccc(C(C)(C)C)c2)CC1. The Morgan fingerprint density at radius 2 is 1.78 bits per heavy atom. The highest BCUT2D eigenvalue weighted by molar-refractivity contribution is 5.85. The number of benzene rings is 2. The van der Waals surface area contributed by atoms with Crippen LogP contribution < -0.4 is 10.6 Å². The number of amides is 1. The van der Waals surface area contributed by atoms with Gasteiger partial charge in [0.25, 0.3) is 0 Å². The molecule has 8 heteroatoms. The van der Waals surface area contributed by atoms with E-state index < -0.39 is 29.3 Å². The third-order valence-electron chi connectivity index (χ3n) is 7.06. The first-order valence-corrected chi connectivity index (χ1v) is 12.8. The molecule has 0 aliphatic heterocycles. The number of halogens is 2. The van der Waals surface area contributed by atoms with Crippen molar-refractivity contribution < 1.29 is 23.5 Å². The van der Waals surface area contributed by atoms with Crippen molar-refractivity contribution in [3.05, 3.63) is 70.8 Å². The first kappa shape index (κ1) is 28.7. The molecule has 1 fully saturated rings. The van der Waals surface area contributed by atoms with E-state index in [1.54, 1.807) is 7.11 Å². The maximum absolute atomic E-state index is 13.8. The number of rotatable bonds is 9. The highest BCUT2D eigenvalue weighted by atomic mass is 19.1. The summed E-state index contributed by atoms with van der Waals surface area (Å²) in [5, 5.41) is 21.7. The van der Waals surface area contributed by atoms with E-state index in [0.717, 1.165) is 43.0 Å². The smallest absolute Gasteiger partial charge is 0.217 e. The lowest BCUT2D eigenvalue weighted by Gasteiger charge is -2.41. The maximum Gasteiger partial charge on any atom is 0.217 e. The van der Waals surface area contributed by atoms with Gasteiger partial charge >= 0.3 is 0 Å². The molecule has 0 spiro atoms. The number of carbonyl (C=O) groups excluding carboxylic acids is 1. The number of aliphatic hydroxyl groups excluding tert-OH is 1. The van der Waals surface area contributed by atoms with E-state index in [4.69, 9.17) is 4.84 Å². The van der Waals surface area contributed by atoms with Crippen LogP contribution in [0.1, 0.15) is 70.1 Å². The fourth-order valence-electron chi connectivity index (χ4n) is 5.01. The van der Waals surface area contributed by atoms with E-state index >= 15 is 0 Å². The van der Waals surface area contributed by atoms with E-state index in [-0.39, 0.29) is 24.3 Å². The van der Waals surface area contributed by atoms with Crippen LogP contribution >= 0.6 is 0 Å². The molecule has 6 nitrogen and oxygen atoms in total. The molecule has 1 amide bonds. The monoisotopic (exact) mass is 515 g/mol. The highest BCUT2D eigenvalue weighted by Gasteiger charge is 2.37. The lowest BCUT2D eigenvalue weighted by atomic mass is 9.74. The van der Waals surface area contributed by atoms with Gasteiger partial charge in [-0.1, -0.05) is 50.2 Å². The molecule has 37 heavy (non-hydrogen) atoms. The van der Waals surface area contributed by atoms with Gasteiger partial charge in [-0.05, 0) is 66.3 Å². The normalized spacial score (nSPS) is 19.7. The summed E-state index contributed by atoms with van der Waals surface area (Å²) in [6.45, 7) is 8.06. The van der Waals surface area contributed by atoms with Gasteiger partial charge in [0.05, 0.1) is 17.9 Å². The lowest BCUT2D eigenvalue weighted by molar-refractivity contribution is -0.120. The summed E-state index contributed by atoms with van der Waals surface area (Å²) in [4.78, 5) is 16.9. The average Bonchev–Trinajstić information content (AvgIpc) is 2.82. The van der Waals surface area contributed by atoms with Crippen molar-refractivity contribution >= 4 is 11.6 Å². The van der Waals surface area contributed by atoms with Gasteiger partial charge in [0.1, 0.15) is 18.7 Å². The summed E-state index contributed by atoms with van der Waals surface area (Å²) in [5.74, 6) is -1.72. The van der Waals surface area contributed by atoms with Gasteiger partial charge in [0, 0.05) is 25.1 Å².